The van der Waals surface area contributed by atoms with E-state index in [-0.39, 0.29) is 0 Å². The van der Waals surface area contributed by atoms with Gasteiger partial charge in [0.25, 0.3) is 0 Å². The van der Waals surface area contributed by atoms with Gasteiger partial charge in [0.05, 0.1) is 18.1 Å². The third-order valence-corrected chi connectivity index (χ3v) is 4.43. The Hall–Kier alpha value is -1.13. The largest absolute Gasteiger partial charge is 0.389 e. The van der Waals surface area contributed by atoms with Crippen LogP contribution < -0.4 is 0 Å². The number of hydrogen-bond acceptors (Lipinski definition) is 2. The molecule has 0 amide bonds. The van der Waals surface area contributed by atoms with Gasteiger partial charge in [-0.1, -0.05) is 22.0 Å². The topological polar surface area (TPSA) is 38.0 Å². The second kappa shape index (κ2) is 5.10. The van der Waals surface area contributed by atoms with Crippen LogP contribution in [0.25, 0.3) is 5.69 Å². The molecule has 2 aromatic rings. The number of rotatable bonds is 2. The SMILES string of the molecule is C[C@H](O)c1ccc(-n2cnc3c2CCCC3)cc1Br. The number of nitrogens with zero attached hydrogens (tertiary/aromatic N) is 2. The molecule has 1 aromatic heterocycles. The van der Waals surface area contributed by atoms with E-state index in [1.165, 1.54) is 24.2 Å². The van der Waals surface area contributed by atoms with Crippen molar-refractivity contribution < 1.29 is 5.11 Å². The molecule has 1 heterocycles. The van der Waals surface area contributed by atoms with Crippen molar-refractivity contribution in [2.24, 2.45) is 0 Å². The van der Waals surface area contributed by atoms with Gasteiger partial charge in [-0.25, -0.2) is 4.98 Å². The Morgan fingerprint density at radius 2 is 2.11 bits per heavy atom. The van der Waals surface area contributed by atoms with Crippen molar-refractivity contribution in [1.82, 2.24) is 9.55 Å². The Balaban J connectivity index is 2.03. The number of benzene rings is 1. The lowest BCUT2D eigenvalue weighted by atomic mass is 10.0. The zero-order valence-corrected chi connectivity index (χ0v) is 12.5. The lowest BCUT2D eigenvalue weighted by Crippen LogP contribution is -2.07. The molecule has 1 atom stereocenters. The van der Waals surface area contributed by atoms with E-state index in [2.05, 4.69) is 31.5 Å². The highest BCUT2D eigenvalue weighted by Crippen LogP contribution is 2.28. The molecule has 1 N–H and O–H groups in total. The molecule has 0 saturated heterocycles. The first-order valence-corrected chi connectivity index (χ1v) is 7.49. The normalized spacial score (nSPS) is 16.2. The number of halogens is 1. The first kappa shape index (κ1) is 12.9. The Morgan fingerprint density at radius 3 is 2.84 bits per heavy atom. The smallest absolute Gasteiger partial charge is 0.0997 e. The maximum absolute atomic E-state index is 9.67. The third-order valence-electron chi connectivity index (χ3n) is 3.74. The summed E-state index contributed by atoms with van der Waals surface area (Å²) in [5, 5.41) is 9.67. The van der Waals surface area contributed by atoms with Crippen LogP contribution in [0.4, 0.5) is 0 Å². The molecule has 0 fully saturated rings. The van der Waals surface area contributed by atoms with E-state index in [0.717, 1.165) is 28.6 Å². The van der Waals surface area contributed by atoms with Crippen LogP contribution in [0.15, 0.2) is 29.0 Å². The van der Waals surface area contributed by atoms with Crippen molar-refractivity contribution >= 4 is 15.9 Å². The average Bonchev–Trinajstić information content (AvgIpc) is 2.82. The van der Waals surface area contributed by atoms with Crippen LogP contribution in [-0.4, -0.2) is 14.7 Å². The van der Waals surface area contributed by atoms with Crippen LogP contribution in [0.5, 0.6) is 0 Å². The Bertz CT molecular complexity index is 604. The predicted octanol–water partition coefficient (Wildman–Crippen LogP) is 3.57. The molecule has 3 rings (SSSR count). The molecule has 1 aliphatic rings. The number of aliphatic hydroxyl groups excluding tert-OH is 1. The molecule has 4 heteroatoms. The number of hydrogen-bond donors (Lipinski definition) is 1. The lowest BCUT2D eigenvalue weighted by molar-refractivity contribution is 0.198. The van der Waals surface area contributed by atoms with Crippen LogP contribution in [0.1, 0.15) is 42.8 Å². The summed E-state index contributed by atoms with van der Waals surface area (Å²) in [5.74, 6) is 0. The lowest BCUT2D eigenvalue weighted by Gasteiger charge is -2.15. The maximum atomic E-state index is 9.67. The minimum Gasteiger partial charge on any atom is -0.389 e. The van der Waals surface area contributed by atoms with E-state index in [1.807, 2.05) is 18.5 Å². The van der Waals surface area contributed by atoms with Gasteiger partial charge in [-0.15, -0.1) is 0 Å². The van der Waals surface area contributed by atoms with Crippen molar-refractivity contribution in [3.63, 3.8) is 0 Å². The van der Waals surface area contributed by atoms with Gasteiger partial charge in [-0.05, 0) is 50.3 Å². The maximum Gasteiger partial charge on any atom is 0.0997 e. The summed E-state index contributed by atoms with van der Waals surface area (Å²) in [6, 6.07) is 6.07. The van der Waals surface area contributed by atoms with Crippen molar-refractivity contribution in [2.75, 3.05) is 0 Å². The highest BCUT2D eigenvalue weighted by atomic mass is 79.9. The average molecular weight is 321 g/mol. The van der Waals surface area contributed by atoms with Gasteiger partial charge >= 0.3 is 0 Å². The first-order valence-electron chi connectivity index (χ1n) is 6.70. The fourth-order valence-electron chi connectivity index (χ4n) is 2.70. The summed E-state index contributed by atoms with van der Waals surface area (Å²) in [6.45, 7) is 1.78. The summed E-state index contributed by atoms with van der Waals surface area (Å²) in [4.78, 5) is 4.52. The highest BCUT2D eigenvalue weighted by Gasteiger charge is 2.16. The highest BCUT2D eigenvalue weighted by molar-refractivity contribution is 9.10. The number of aliphatic hydroxyl groups is 1. The molecule has 19 heavy (non-hydrogen) atoms. The Kier molecular flexibility index (Phi) is 3.46. The second-order valence-electron chi connectivity index (χ2n) is 5.10. The molecular weight excluding hydrogens is 304 g/mol. The quantitative estimate of drug-likeness (QED) is 0.918. The van der Waals surface area contributed by atoms with E-state index >= 15 is 0 Å². The standard InChI is InChI=1S/C15H17BrN2O/c1-10(19)12-7-6-11(8-13(12)16)18-9-17-14-4-2-3-5-15(14)18/h6-10,19H,2-5H2,1H3/t10-/m0/s1. The first-order chi connectivity index (χ1) is 9.16. The molecule has 0 aliphatic heterocycles. The van der Waals surface area contributed by atoms with Gasteiger partial charge < -0.3 is 9.67 Å². The summed E-state index contributed by atoms with van der Waals surface area (Å²) < 4.78 is 3.11. The number of imidazole rings is 1. The molecule has 0 saturated carbocycles. The van der Waals surface area contributed by atoms with Gasteiger partial charge in [0.1, 0.15) is 0 Å². The minimum atomic E-state index is -0.458. The zero-order valence-electron chi connectivity index (χ0n) is 10.9. The molecule has 0 spiro atoms. The molecule has 1 aromatic carbocycles. The van der Waals surface area contributed by atoms with E-state index in [0.29, 0.717) is 0 Å². The molecule has 0 bridgehead atoms. The van der Waals surface area contributed by atoms with Gasteiger partial charge in [0.15, 0.2) is 0 Å². The van der Waals surface area contributed by atoms with Gasteiger partial charge in [0, 0.05) is 15.9 Å². The summed E-state index contributed by atoms with van der Waals surface area (Å²) >= 11 is 3.54. The summed E-state index contributed by atoms with van der Waals surface area (Å²) in [7, 11) is 0. The zero-order chi connectivity index (χ0) is 13.4. The van der Waals surface area contributed by atoms with Crippen LogP contribution in [0.2, 0.25) is 0 Å². The Labute approximate surface area is 121 Å². The second-order valence-corrected chi connectivity index (χ2v) is 5.95. The summed E-state index contributed by atoms with van der Waals surface area (Å²) in [5.41, 5.74) is 4.59. The number of aryl methyl sites for hydroxylation is 1. The van der Waals surface area contributed by atoms with Gasteiger partial charge in [-0.2, -0.15) is 0 Å². The van der Waals surface area contributed by atoms with Crippen molar-refractivity contribution in [3.8, 4) is 5.69 Å². The van der Waals surface area contributed by atoms with Crippen molar-refractivity contribution in [2.45, 2.75) is 38.7 Å². The van der Waals surface area contributed by atoms with Crippen LogP contribution in [0, 0.1) is 0 Å². The van der Waals surface area contributed by atoms with Crippen LogP contribution in [0.3, 0.4) is 0 Å². The van der Waals surface area contributed by atoms with Crippen LogP contribution >= 0.6 is 15.9 Å². The van der Waals surface area contributed by atoms with Gasteiger partial charge in [0.2, 0.25) is 0 Å². The molecular formula is C15H17BrN2O. The molecule has 100 valence electrons. The van der Waals surface area contributed by atoms with E-state index in [1.54, 1.807) is 6.92 Å². The van der Waals surface area contributed by atoms with Gasteiger partial charge in [-0.3, -0.25) is 0 Å². The van der Waals surface area contributed by atoms with E-state index in [4.69, 9.17) is 0 Å². The van der Waals surface area contributed by atoms with Crippen LogP contribution in [-0.2, 0) is 12.8 Å². The molecule has 3 nitrogen and oxygen atoms in total. The number of aromatic nitrogens is 2. The Morgan fingerprint density at radius 1 is 1.32 bits per heavy atom. The molecule has 1 aliphatic carbocycles. The van der Waals surface area contributed by atoms with E-state index < -0.39 is 6.10 Å². The van der Waals surface area contributed by atoms with E-state index in [9.17, 15) is 5.11 Å². The fourth-order valence-corrected chi connectivity index (χ4v) is 3.39. The molecule has 0 unspecified atom stereocenters. The molecule has 0 radical (unpaired) electrons. The van der Waals surface area contributed by atoms with Crippen molar-refractivity contribution in [1.29, 1.82) is 0 Å². The summed E-state index contributed by atoms with van der Waals surface area (Å²) in [6.07, 6.45) is 6.14. The monoisotopic (exact) mass is 320 g/mol. The third kappa shape index (κ3) is 2.35. The minimum absolute atomic E-state index is 0.458. The van der Waals surface area contributed by atoms with Crippen molar-refractivity contribution in [3.05, 3.63) is 46.0 Å². The fraction of sp³-hybridized carbons (Fsp3) is 0.400. The number of fused-ring (bicyclic) bond motifs is 1. The predicted molar refractivity (Wildman–Crippen MR) is 78.5 cm³/mol.